The van der Waals surface area contributed by atoms with Gasteiger partial charge in [0, 0.05) is 39.5 Å². The summed E-state index contributed by atoms with van der Waals surface area (Å²) < 4.78 is 0. The van der Waals surface area contributed by atoms with Gasteiger partial charge in [-0.05, 0) is 158 Å². The minimum absolute atomic E-state index is 0.231. The highest BCUT2D eigenvalue weighted by Gasteiger charge is 2.38. The Morgan fingerprint density at radius 2 is 0.746 bits per heavy atom. The van der Waals surface area contributed by atoms with Gasteiger partial charge in [-0.1, -0.05) is 215 Å². The molecule has 2 aliphatic rings. The molecular weight excluding hydrogens is 857 g/mol. The molecule has 2 nitrogen and oxygen atoms in total. The summed E-state index contributed by atoms with van der Waals surface area (Å²) in [5.74, 6) is 0.607. The molecular formula is C69H58N2. The highest BCUT2D eigenvalue weighted by Crippen LogP contribution is 2.54. The van der Waals surface area contributed by atoms with Gasteiger partial charge < -0.3 is 9.80 Å². The molecule has 71 heavy (non-hydrogen) atoms. The van der Waals surface area contributed by atoms with Crippen LogP contribution in [0.15, 0.2) is 249 Å². The van der Waals surface area contributed by atoms with E-state index in [9.17, 15) is 0 Å². The van der Waals surface area contributed by atoms with Gasteiger partial charge in [-0.3, -0.25) is 0 Å². The minimum Gasteiger partial charge on any atom is -0.310 e. The van der Waals surface area contributed by atoms with Gasteiger partial charge in [0.15, 0.2) is 0 Å². The van der Waals surface area contributed by atoms with Crippen molar-refractivity contribution in [1.29, 1.82) is 0 Å². The van der Waals surface area contributed by atoms with E-state index in [-0.39, 0.29) is 5.41 Å². The first-order chi connectivity index (χ1) is 35.0. The predicted octanol–water partition coefficient (Wildman–Crippen LogP) is 19.6. The third kappa shape index (κ3) is 8.34. The Morgan fingerprint density at radius 1 is 0.310 bits per heavy atom. The molecule has 0 saturated heterocycles. The maximum Gasteiger partial charge on any atom is 0.0488 e. The van der Waals surface area contributed by atoms with Gasteiger partial charge in [-0.25, -0.2) is 0 Å². The van der Waals surface area contributed by atoms with Gasteiger partial charge in [-0.2, -0.15) is 0 Å². The average Bonchev–Trinajstić information content (AvgIpc) is 3.67. The van der Waals surface area contributed by atoms with E-state index in [1.54, 1.807) is 0 Å². The van der Waals surface area contributed by atoms with Crippen LogP contribution in [0.5, 0.6) is 0 Å². The number of hydrogen-bond acceptors (Lipinski definition) is 2. The number of anilines is 6. The fourth-order valence-corrected chi connectivity index (χ4v) is 11.7. The summed E-state index contributed by atoms with van der Waals surface area (Å²) in [6, 6.07) is 92.1. The molecule has 0 heterocycles. The van der Waals surface area contributed by atoms with Crippen LogP contribution in [0.3, 0.4) is 0 Å². The first kappa shape index (κ1) is 44.0. The molecule has 2 aliphatic carbocycles. The Morgan fingerprint density at radius 3 is 1.27 bits per heavy atom. The van der Waals surface area contributed by atoms with Gasteiger partial charge in [0.1, 0.15) is 0 Å². The molecule has 1 saturated carbocycles. The van der Waals surface area contributed by atoms with Gasteiger partial charge in [0.25, 0.3) is 0 Å². The maximum absolute atomic E-state index is 2.52. The first-order valence-electron chi connectivity index (χ1n) is 25.5. The fraction of sp³-hybridized carbons (Fsp3) is 0.130. The lowest BCUT2D eigenvalue weighted by atomic mass is 9.81. The zero-order valence-electron chi connectivity index (χ0n) is 40.7. The van der Waals surface area contributed by atoms with E-state index < -0.39 is 0 Å². The second-order valence-corrected chi connectivity index (χ2v) is 19.9. The maximum atomic E-state index is 2.52. The lowest BCUT2D eigenvalue weighted by Gasteiger charge is -2.32. The normalized spacial score (nSPS) is 13.8. The van der Waals surface area contributed by atoms with Gasteiger partial charge in [-0.15, -0.1) is 0 Å². The molecule has 344 valence electrons. The molecule has 12 rings (SSSR count). The predicted molar refractivity (Wildman–Crippen MR) is 301 cm³/mol. The van der Waals surface area contributed by atoms with Gasteiger partial charge >= 0.3 is 0 Å². The lowest BCUT2D eigenvalue weighted by molar-refractivity contribution is 0.443. The molecule has 0 N–H and O–H groups in total. The minimum atomic E-state index is -0.231. The number of nitrogens with zero attached hydrogens (tertiary/aromatic N) is 2. The number of rotatable bonds is 11. The van der Waals surface area contributed by atoms with Crippen LogP contribution in [-0.4, -0.2) is 0 Å². The van der Waals surface area contributed by atoms with E-state index in [1.807, 2.05) is 0 Å². The van der Waals surface area contributed by atoms with Crippen molar-refractivity contribution in [3.63, 3.8) is 0 Å². The Balaban J connectivity index is 1.13. The number of hydrogen-bond donors (Lipinski definition) is 0. The molecule has 2 heteroatoms. The zero-order chi connectivity index (χ0) is 47.7. The molecule has 0 unspecified atom stereocenters. The third-order valence-electron chi connectivity index (χ3n) is 15.2. The first-order valence-corrected chi connectivity index (χ1v) is 25.5. The van der Waals surface area contributed by atoms with Crippen LogP contribution in [-0.2, 0) is 5.41 Å². The van der Waals surface area contributed by atoms with Crippen molar-refractivity contribution in [3.8, 4) is 55.6 Å². The number of benzene rings is 10. The topological polar surface area (TPSA) is 6.48 Å². The van der Waals surface area contributed by atoms with Crippen molar-refractivity contribution < 1.29 is 0 Å². The van der Waals surface area contributed by atoms with Gasteiger partial charge in [0.2, 0.25) is 0 Å². The van der Waals surface area contributed by atoms with Crippen LogP contribution in [0.1, 0.15) is 68.6 Å². The molecule has 10 aromatic carbocycles. The molecule has 0 bridgehead atoms. The lowest BCUT2D eigenvalue weighted by Crippen LogP contribution is -2.17. The van der Waals surface area contributed by atoms with E-state index in [0.717, 1.165) is 39.7 Å². The molecule has 0 aromatic heterocycles. The van der Waals surface area contributed by atoms with Crippen molar-refractivity contribution in [3.05, 3.63) is 265 Å². The van der Waals surface area contributed by atoms with Crippen LogP contribution in [0, 0.1) is 0 Å². The highest BCUT2D eigenvalue weighted by atomic mass is 15.2. The van der Waals surface area contributed by atoms with E-state index in [4.69, 9.17) is 0 Å². The summed E-state index contributed by atoms with van der Waals surface area (Å²) in [7, 11) is 0. The van der Waals surface area contributed by atoms with Crippen LogP contribution in [0.25, 0.3) is 55.6 Å². The van der Waals surface area contributed by atoms with Crippen molar-refractivity contribution in [2.75, 3.05) is 9.80 Å². The number of fused-ring (bicyclic) bond motifs is 3. The summed E-state index contributed by atoms with van der Waals surface area (Å²) in [6.45, 7) is 4.81. The average molecular weight is 915 g/mol. The largest absolute Gasteiger partial charge is 0.310 e. The van der Waals surface area contributed by atoms with Gasteiger partial charge in [0.05, 0.1) is 0 Å². The van der Waals surface area contributed by atoms with E-state index in [1.165, 1.54) is 98.9 Å². The molecule has 0 amide bonds. The molecule has 0 aliphatic heterocycles. The Hall–Kier alpha value is -8.20. The van der Waals surface area contributed by atoms with Crippen LogP contribution >= 0.6 is 0 Å². The summed E-state index contributed by atoms with van der Waals surface area (Å²) in [6.07, 6.45) is 6.48. The second-order valence-electron chi connectivity index (χ2n) is 19.9. The Labute approximate surface area is 420 Å². The van der Waals surface area contributed by atoms with Crippen LogP contribution < -0.4 is 9.80 Å². The van der Waals surface area contributed by atoms with Crippen molar-refractivity contribution in [2.24, 2.45) is 0 Å². The van der Waals surface area contributed by atoms with Crippen molar-refractivity contribution in [2.45, 2.75) is 57.3 Å². The summed E-state index contributed by atoms with van der Waals surface area (Å²) in [5.41, 5.74) is 22.8. The fourth-order valence-electron chi connectivity index (χ4n) is 11.7. The third-order valence-corrected chi connectivity index (χ3v) is 15.2. The molecule has 0 radical (unpaired) electrons. The van der Waals surface area contributed by atoms with E-state index >= 15 is 0 Å². The van der Waals surface area contributed by atoms with E-state index in [2.05, 4.69) is 272 Å². The summed E-state index contributed by atoms with van der Waals surface area (Å²) >= 11 is 0. The quantitative estimate of drug-likeness (QED) is 0.128. The smallest absolute Gasteiger partial charge is 0.0488 e. The second kappa shape index (κ2) is 18.9. The standard InChI is InChI=1S/C69H58N2/c1-69(2)65-38-22-37-63(53-29-15-6-16-30-53)68(65)64-44-43-58(48-66(64)69)71(57-41-39-50(40-42-57)49-23-9-3-10-24-49)60-46-54(45-59(47-60)70(55-31-17-7-18-32-55)56-33-19-8-20-34-56)67-61(51-25-11-4-12-26-51)35-21-36-62(67)52-27-13-5-14-28-52/h4-8,11-22,25-49H,3,9-10,23-24H2,1-2H3. The summed E-state index contributed by atoms with van der Waals surface area (Å²) in [5, 5.41) is 0. The highest BCUT2D eigenvalue weighted by molar-refractivity contribution is 5.99. The van der Waals surface area contributed by atoms with Crippen LogP contribution in [0.4, 0.5) is 34.1 Å². The van der Waals surface area contributed by atoms with Crippen molar-refractivity contribution in [1.82, 2.24) is 0 Å². The molecule has 0 atom stereocenters. The zero-order valence-corrected chi connectivity index (χ0v) is 40.7. The van der Waals surface area contributed by atoms with Crippen molar-refractivity contribution >= 4 is 34.1 Å². The Kier molecular flexibility index (Phi) is 11.8. The monoisotopic (exact) mass is 914 g/mol. The Bertz CT molecular complexity index is 3350. The molecule has 10 aromatic rings. The molecule has 1 fully saturated rings. The summed E-state index contributed by atoms with van der Waals surface area (Å²) in [4.78, 5) is 4.94. The van der Waals surface area contributed by atoms with E-state index in [0.29, 0.717) is 5.92 Å². The van der Waals surface area contributed by atoms with Crippen LogP contribution in [0.2, 0.25) is 0 Å². The SMILES string of the molecule is CC1(C)c2cc(N(c3ccc(C4CCCCC4)cc3)c3cc(-c4c(-c5ccccc5)cccc4-c4ccccc4)cc(N(c4ccccc4)c4ccccc4)c3)ccc2-c2c(-c3ccccc3)cccc21. The molecule has 0 spiro atoms. The number of para-hydroxylation sites is 2.